The van der Waals surface area contributed by atoms with Gasteiger partial charge in [-0.2, -0.15) is 5.26 Å². The van der Waals surface area contributed by atoms with E-state index in [9.17, 15) is 4.79 Å². The minimum Gasteiger partial charge on any atom is -0.467 e. The summed E-state index contributed by atoms with van der Waals surface area (Å²) in [6.07, 6.45) is 4.42. The largest absolute Gasteiger partial charge is 0.467 e. The quantitative estimate of drug-likeness (QED) is 0.842. The molecule has 0 saturated carbocycles. The number of anilines is 1. The van der Waals surface area contributed by atoms with E-state index in [4.69, 9.17) is 9.68 Å². The molecule has 0 aliphatic carbocycles. The fraction of sp³-hybridized carbons (Fsp3) is 0.231. The van der Waals surface area contributed by atoms with Crippen LogP contribution in [-0.2, 0) is 11.3 Å². The van der Waals surface area contributed by atoms with Gasteiger partial charge in [0.15, 0.2) is 11.5 Å². The van der Waals surface area contributed by atoms with Crippen molar-refractivity contribution in [3.8, 4) is 6.07 Å². The molecule has 7 heteroatoms. The molecule has 0 radical (unpaired) electrons. The average molecular weight is 271 g/mol. The number of amides is 1. The van der Waals surface area contributed by atoms with Crippen LogP contribution in [0.3, 0.4) is 0 Å². The number of carbonyl (C=O) groups is 1. The van der Waals surface area contributed by atoms with E-state index in [2.05, 4.69) is 20.6 Å². The number of nitriles is 1. The molecule has 0 saturated heterocycles. The summed E-state index contributed by atoms with van der Waals surface area (Å²) in [4.78, 5) is 19.7. The van der Waals surface area contributed by atoms with E-state index in [0.29, 0.717) is 12.3 Å². The second-order valence-corrected chi connectivity index (χ2v) is 4.03. The van der Waals surface area contributed by atoms with Gasteiger partial charge >= 0.3 is 0 Å². The summed E-state index contributed by atoms with van der Waals surface area (Å²) in [5.74, 6) is 0.731. The van der Waals surface area contributed by atoms with Gasteiger partial charge in [0.25, 0.3) is 0 Å². The minimum absolute atomic E-state index is 0.151. The van der Waals surface area contributed by atoms with E-state index in [0.717, 1.165) is 0 Å². The Morgan fingerprint density at radius 2 is 2.30 bits per heavy atom. The number of rotatable bonds is 5. The number of nitrogens with one attached hydrogen (secondary N) is 2. The van der Waals surface area contributed by atoms with Crippen LogP contribution in [0.1, 0.15) is 18.4 Å². The summed E-state index contributed by atoms with van der Waals surface area (Å²) in [5, 5.41) is 14.5. The zero-order chi connectivity index (χ0) is 14.4. The lowest BCUT2D eigenvalue weighted by Crippen LogP contribution is -2.37. The summed E-state index contributed by atoms with van der Waals surface area (Å²) in [7, 11) is 0. The Balaban J connectivity index is 1.92. The molecule has 2 heterocycles. The number of hydrogen-bond acceptors (Lipinski definition) is 6. The Morgan fingerprint density at radius 3 is 3.00 bits per heavy atom. The molecule has 1 atom stereocenters. The smallest absolute Gasteiger partial charge is 0.242 e. The molecule has 0 aliphatic rings. The summed E-state index contributed by atoms with van der Waals surface area (Å²) >= 11 is 0. The molecular weight excluding hydrogens is 258 g/mol. The van der Waals surface area contributed by atoms with Gasteiger partial charge in [-0.1, -0.05) is 0 Å². The third-order valence-corrected chi connectivity index (χ3v) is 2.57. The molecule has 20 heavy (non-hydrogen) atoms. The highest BCUT2D eigenvalue weighted by Crippen LogP contribution is 2.08. The maximum Gasteiger partial charge on any atom is 0.242 e. The Morgan fingerprint density at radius 1 is 1.50 bits per heavy atom. The standard InChI is InChI=1S/C13H13N5O2/c1-9(13(19)17-8-10-3-2-6-20-10)18-12-11(7-14)15-4-5-16-12/h2-6,9H,8H2,1H3,(H,16,18)(H,17,19). The van der Waals surface area contributed by atoms with Crippen molar-refractivity contribution in [2.75, 3.05) is 5.32 Å². The highest BCUT2D eigenvalue weighted by molar-refractivity contribution is 5.84. The van der Waals surface area contributed by atoms with Crippen molar-refractivity contribution in [1.82, 2.24) is 15.3 Å². The molecule has 2 aromatic heterocycles. The van der Waals surface area contributed by atoms with E-state index in [1.807, 2.05) is 6.07 Å². The highest BCUT2D eigenvalue weighted by Gasteiger charge is 2.15. The van der Waals surface area contributed by atoms with Crippen LogP contribution in [0.2, 0.25) is 0 Å². The van der Waals surface area contributed by atoms with Crippen molar-refractivity contribution in [3.63, 3.8) is 0 Å². The van der Waals surface area contributed by atoms with E-state index in [1.165, 1.54) is 12.4 Å². The molecule has 2 rings (SSSR count). The lowest BCUT2D eigenvalue weighted by atomic mass is 10.3. The summed E-state index contributed by atoms with van der Waals surface area (Å²) < 4.78 is 5.12. The molecule has 7 nitrogen and oxygen atoms in total. The van der Waals surface area contributed by atoms with Crippen LogP contribution in [0.5, 0.6) is 0 Å². The van der Waals surface area contributed by atoms with Crippen LogP contribution in [0, 0.1) is 11.3 Å². The first-order valence-corrected chi connectivity index (χ1v) is 5.98. The maximum atomic E-state index is 11.9. The van der Waals surface area contributed by atoms with Crippen LogP contribution >= 0.6 is 0 Å². The predicted octanol–water partition coefficient (Wildman–Crippen LogP) is 1.06. The topological polar surface area (TPSA) is 104 Å². The second kappa shape index (κ2) is 6.33. The number of furan rings is 1. The van der Waals surface area contributed by atoms with Crippen molar-refractivity contribution in [1.29, 1.82) is 5.26 Å². The first-order chi connectivity index (χ1) is 9.70. The molecule has 0 spiro atoms. The van der Waals surface area contributed by atoms with Gasteiger partial charge in [0.2, 0.25) is 5.91 Å². The lowest BCUT2D eigenvalue weighted by molar-refractivity contribution is -0.121. The normalized spacial score (nSPS) is 11.4. The molecule has 0 bridgehead atoms. The van der Waals surface area contributed by atoms with Gasteiger partial charge < -0.3 is 15.1 Å². The van der Waals surface area contributed by atoms with Crippen LogP contribution in [0.15, 0.2) is 35.2 Å². The molecule has 2 aromatic rings. The van der Waals surface area contributed by atoms with E-state index >= 15 is 0 Å². The van der Waals surface area contributed by atoms with Crippen molar-refractivity contribution < 1.29 is 9.21 Å². The average Bonchev–Trinajstić information content (AvgIpc) is 2.98. The van der Waals surface area contributed by atoms with Gasteiger partial charge in [0, 0.05) is 12.4 Å². The van der Waals surface area contributed by atoms with Gasteiger partial charge in [0.05, 0.1) is 12.8 Å². The zero-order valence-corrected chi connectivity index (χ0v) is 10.8. The lowest BCUT2D eigenvalue weighted by Gasteiger charge is -2.14. The molecule has 0 aromatic carbocycles. The van der Waals surface area contributed by atoms with Gasteiger partial charge in [-0.05, 0) is 19.1 Å². The van der Waals surface area contributed by atoms with Gasteiger partial charge in [-0.15, -0.1) is 0 Å². The Bertz CT molecular complexity index is 618. The maximum absolute atomic E-state index is 11.9. The van der Waals surface area contributed by atoms with Gasteiger partial charge in [0.1, 0.15) is 17.9 Å². The summed E-state index contributed by atoms with van der Waals surface area (Å²) in [6, 6.07) is 4.89. The molecule has 0 aliphatic heterocycles. The Kier molecular flexibility index (Phi) is 4.29. The third kappa shape index (κ3) is 3.32. The van der Waals surface area contributed by atoms with Gasteiger partial charge in [-0.25, -0.2) is 9.97 Å². The SMILES string of the molecule is CC(Nc1nccnc1C#N)C(=O)NCc1ccco1. The van der Waals surface area contributed by atoms with Crippen molar-refractivity contribution in [3.05, 3.63) is 42.2 Å². The first-order valence-electron chi connectivity index (χ1n) is 5.98. The monoisotopic (exact) mass is 271 g/mol. The molecule has 1 amide bonds. The zero-order valence-electron chi connectivity index (χ0n) is 10.8. The molecule has 0 fully saturated rings. The first kappa shape index (κ1) is 13.5. The van der Waals surface area contributed by atoms with Crippen LogP contribution < -0.4 is 10.6 Å². The number of hydrogen-bond donors (Lipinski definition) is 2. The van der Waals surface area contributed by atoms with E-state index < -0.39 is 6.04 Å². The van der Waals surface area contributed by atoms with Crippen molar-refractivity contribution >= 4 is 11.7 Å². The number of aromatic nitrogens is 2. The van der Waals surface area contributed by atoms with Crippen molar-refractivity contribution in [2.45, 2.75) is 19.5 Å². The summed E-state index contributed by atoms with van der Waals surface area (Å²) in [6.45, 7) is 1.98. The van der Waals surface area contributed by atoms with Crippen LogP contribution in [0.4, 0.5) is 5.82 Å². The van der Waals surface area contributed by atoms with E-state index in [1.54, 1.807) is 25.3 Å². The molecule has 1 unspecified atom stereocenters. The van der Waals surface area contributed by atoms with Crippen LogP contribution in [-0.4, -0.2) is 21.9 Å². The predicted molar refractivity (Wildman–Crippen MR) is 70.4 cm³/mol. The molecule has 2 N–H and O–H groups in total. The number of carbonyl (C=O) groups excluding carboxylic acids is 1. The Hall–Kier alpha value is -2.88. The fourth-order valence-electron chi connectivity index (χ4n) is 1.54. The molecular formula is C13H13N5O2. The summed E-state index contributed by atoms with van der Waals surface area (Å²) in [5.41, 5.74) is 0.151. The second-order valence-electron chi connectivity index (χ2n) is 4.03. The van der Waals surface area contributed by atoms with Crippen molar-refractivity contribution in [2.24, 2.45) is 0 Å². The third-order valence-electron chi connectivity index (χ3n) is 2.57. The minimum atomic E-state index is -0.547. The van der Waals surface area contributed by atoms with Gasteiger partial charge in [-0.3, -0.25) is 4.79 Å². The Labute approximate surface area is 115 Å². The fourth-order valence-corrected chi connectivity index (χ4v) is 1.54. The number of nitrogens with zero attached hydrogens (tertiary/aromatic N) is 3. The van der Waals surface area contributed by atoms with Crippen LogP contribution in [0.25, 0.3) is 0 Å². The van der Waals surface area contributed by atoms with E-state index in [-0.39, 0.29) is 17.4 Å². The highest BCUT2D eigenvalue weighted by atomic mass is 16.3. The molecule has 102 valence electrons.